The summed E-state index contributed by atoms with van der Waals surface area (Å²) in [6, 6.07) is 25.2. The number of aliphatic hydroxyl groups excluding tert-OH is 1. The summed E-state index contributed by atoms with van der Waals surface area (Å²) in [6.45, 7) is 17.6. The van der Waals surface area contributed by atoms with Crippen LogP contribution in [0, 0.1) is 59.0 Å². The van der Waals surface area contributed by atoms with E-state index < -0.39 is 175 Å². The third-order valence-corrected chi connectivity index (χ3v) is 31.7. The number of imide groups is 1. The van der Waals surface area contributed by atoms with E-state index >= 15 is 8.78 Å². The maximum absolute atomic E-state index is 15.9. The number of nitrogens with one attached hydrogen (secondary N) is 3. The van der Waals surface area contributed by atoms with Crippen LogP contribution < -0.4 is 31.3 Å². The van der Waals surface area contributed by atoms with Gasteiger partial charge < -0.3 is 84.4 Å². The molecule has 35 nitrogen and oxygen atoms in total. The number of halogens is 2. The molecule has 142 heavy (non-hydrogen) atoms. The Labute approximate surface area is 838 Å². The first kappa shape index (κ1) is 115. The molecule has 11 amide bonds. The fraction of sp³-hybridized carbons (Fsp3) is 0.554. The summed E-state index contributed by atoms with van der Waals surface area (Å²) in [5, 5.41) is 19.1. The fourth-order valence-corrected chi connectivity index (χ4v) is 22.2. The smallest absolute Gasteiger partial charge is 0.410 e. The lowest BCUT2D eigenvalue weighted by Gasteiger charge is -2.41. The number of amides is 11. The van der Waals surface area contributed by atoms with E-state index in [1.165, 1.54) is 84.5 Å². The molecular formula is C101H136F2N10O25S4. The number of sulfone groups is 2. The molecule has 3 saturated heterocycles. The first-order chi connectivity index (χ1) is 67.4. The van der Waals surface area contributed by atoms with E-state index in [4.69, 9.17) is 38.9 Å². The molecule has 0 aromatic heterocycles. The largest absolute Gasteiger partial charge is 0.485 e. The molecule has 9 rings (SSSR count). The maximum Gasteiger partial charge on any atom is 0.410 e. The van der Waals surface area contributed by atoms with Crippen LogP contribution in [0.2, 0.25) is 0 Å². The molecule has 3 fully saturated rings. The van der Waals surface area contributed by atoms with Crippen LogP contribution in [-0.2, 0) is 97.9 Å². The molecular weight excluding hydrogens is 1920 g/mol. The van der Waals surface area contributed by atoms with E-state index in [2.05, 4.69) is 16.0 Å². The molecule has 12 atom stereocenters. The van der Waals surface area contributed by atoms with Gasteiger partial charge in [0.2, 0.25) is 23.6 Å². The topological polar surface area (TPSA) is 457 Å². The van der Waals surface area contributed by atoms with Gasteiger partial charge in [0.1, 0.15) is 25.6 Å². The molecule has 5 aromatic rings. The number of likely N-dealkylation sites (N-methyl/N-ethyl adjacent to an activating group) is 2. The van der Waals surface area contributed by atoms with Crippen molar-refractivity contribution in [3.63, 3.8) is 0 Å². The van der Waals surface area contributed by atoms with Gasteiger partial charge in [-0.05, 0) is 127 Å². The number of aliphatic hydroxyl groups is 1. The lowest BCUT2D eigenvalue weighted by atomic mass is 9.83. The van der Waals surface area contributed by atoms with Crippen LogP contribution in [0.3, 0.4) is 0 Å². The van der Waals surface area contributed by atoms with Gasteiger partial charge in [-0.2, -0.15) is 0 Å². The van der Waals surface area contributed by atoms with Crippen LogP contribution in [0.1, 0.15) is 165 Å². The monoisotopic (exact) mass is 2050 g/mol. The standard InChI is InChI=1S/C101H136F2N10O25S4/c1-15-64(8)88(83(132-13)58-85(118)112-38-20-24-79(112)90(133-14)66(10)80(114)53-65(9)89(119)68-21-17-16-18-22-68)108(11)97(123)76(61(2)3)57-82(116)87(63(6)7)109(12)101(127)138-59-67-25-31-72(32-26-67)106-94(120)71(23-19-37-105-100(104)126)54-81(115)86(62(4)5)107-84(117)60-136-46-45-134-43-44-135-47-48-137-91-77(102)55-73(56-78(91)103)113-98(124)92(139-74-33-27-69(28-34-74)95(121)110-39-49-141(128,129)50-40-110)93(99(113)125)140-75-35-29-70(30-36-75)96(122)111-41-51-142(130,131)52-42-111/h16-18,21-22,25-36,55-56,61-66,71,76,79,83,86-90,119H,15,19-20,23-24,37-54,57-60H2,1-14H3,(H,106,120)(H,107,117)(H3,104,105,126)/t64?,65-,66-,71+,76-,79-,83+,86-,87-,88-,89+,90+/m0/s1. The zero-order chi connectivity index (χ0) is 104. The number of carbonyl (C=O) groups is 13. The Balaban J connectivity index is 0.705. The van der Waals surface area contributed by atoms with Crippen molar-refractivity contribution < 1.29 is 126 Å². The van der Waals surface area contributed by atoms with Crippen molar-refractivity contribution in [1.29, 1.82) is 0 Å². The summed E-state index contributed by atoms with van der Waals surface area (Å²) in [5.74, 6) is -13.6. The molecule has 0 spiro atoms. The predicted octanol–water partition coefficient (Wildman–Crippen LogP) is 10.7. The number of anilines is 2. The average molecular weight is 2060 g/mol. The number of primary amides is 1. The number of Topliss-reactive ketones (excluding diaryl/α,β-unsaturated/α-hetero) is 3. The third kappa shape index (κ3) is 32.2. The van der Waals surface area contributed by atoms with Crippen molar-refractivity contribution in [1.82, 2.24) is 35.1 Å². The first-order valence-corrected chi connectivity index (χ1v) is 53.2. The summed E-state index contributed by atoms with van der Waals surface area (Å²) < 4.78 is 120. The number of hydrogen-bond donors (Lipinski definition) is 5. The number of carbonyl (C=O) groups excluding carboxylic acids is 13. The van der Waals surface area contributed by atoms with Crippen LogP contribution in [-0.4, -0.2) is 296 Å². The lowest BCUT2D eigenvalue weighted by molar-refractivity contribution is -0.149. The van der Waals surface area contributed by atoms with Crippen molar-refractivity contribution in [3.8, 4) is 5.75 Å². The van der Waals surface area contributed by atoms with Gasteiger partial charge in [0.25, 0.3) is 23.6 Å². The van der Waals surface area contributed by atoms with Gasteiger partial charge >= 0.3 is 12.1 Å². The van der Waals surface area contributed by atoms with Crippen LogP contribution in [0.4, 0.5) is 29.7 Å². The minimum absolute atomic E-state index is 0.00691. The average Bonchev–Trinajstić information content (AvgIpc) is 1.61. The van der Waals surface area contributed by atoms with Gasteiger partial charge in [0, 0.05) is 143 Å². The van der Waals surface area contributed by atoms with Crippen molar-refractivity contribution in [3.05, 3.63) is 159 Å². The van der Waals surface area contributed by atoms with Crippen molar-refractivity contribution in [2.75, 3.05) is 147 Å². The SMILES string of the molecule is CCC(C)[C@@H]([C@@H](CC(=O)N1CCC[C@H]1[C@H](OC)[C@@H](C)C(=O)C[C@H](C)[C@@H](O)c1ccccc1)OC)N(C)C(=O)[C@@H](CC(=O)[C@H](C(C)C)N(C)C(=O)OCc1ccc(NC(=O)[C@H](CCCNC(N)=O)CC(=O)[C@@H](NC(=O)COCCOCCOCCOc2c(F)cc(N3C(=O)C(Sc4ccc(C(=O)N5CCS(=O)(=O)CC5)cc4)=C(Sc4ccc(C(=O)N5CCS(=O)(=O)CC5)cc4)C3=O)cc2F)C(C)C)cc1)C(C)C. The molecule has 41 heteroatoms. The van der Waals surface area contributed by atoms with E-state index in [9.17, 15) is 84.3 Å². The fourth-order valence-electron chi connectivity index (χ4n) is 17.8. The number of rotatable bonds is 54. The molecule has 4 aliphatic heterocycles. The number of nitrogens with zero attached hydrogens (tertiary/aromatic N) is 6. The van der Waals surface area contributed by atoms with Crippen LogP contribution in [0.25, 0.3) is 0 Å². The minimum Gasteiger partial charge on any atom is -0.485 e. The normalized spacial score (nSPS) is 17.7. The summed E-state index contributed by atoms with van der Waals surface area (Å²) >= 11 is 1.70. The van der Waals surface area contributed by atoms with Gasteiger partial charge in [-0.1, -0.05) is 142 Å². The Morgan fingerprint density at radius 1 is 0.606 bits per heavy atom. The molecule has 0 bridgehead atoms. The van der Waals surface area contributed by atoms with E-state index in [1.54, 1.807) is 75.7 Å². The molecule has 778 valence electrons. The van der Waals surface area contributed by atoms with E-state index in [0.29, 0.717) is 51.7 Å². The number of likely N-dealkylation sites (tertiary alicyclic amines) is 1. The Morgan fingerprint density at radius 2 is 1.14 bits per heavy atom. The number of urea groups is 1. The highest BCUT2D eigenvalue weighted by atomic mass is 32.2. The first-order valence-electron chi connectivity index (χ1n) is 48.0. The number of benzene rings is 5. The van der Waals surface area contributed by atoms with E-state index in [-0.39, 0.29) is 203 Å². The van der Waals surface area contributed by atoms with Crippen LogP contribution >= 0.6 is 23.5 Å². The summed E-state index contributed by atoms with van der Waals surface area (Å²) in [6.07, 6.45) is -1.29. The number of ether oxygens (including phenoxy) is 7. The van der Waals surface area contributed by atoms with Crippen molar-refractivity contribution >= 4 is 131 Å². The van der Waals surface area contributed by atoms with Crippen LogP contribution in [0.5, 0.6) is 5.75 Å². The highest BCUT2D eigenvalue weighted by Gasteiger charge is 2.47. The highest BCUT2D eigenvalue weighted by molar-refractivity contribution is 8.08. The maximum atomic E-state index is 15.9. The van der Waals surface area contributed by atoms with Gasteiger partial charge in [-0.3, -0.25) is 52.7 Å². The third-order valence-electron chi connectivity index (χ3n) is 26.1. The minimum atomic E-state index is -3.27. The number of thioether (sulfide) groups is 2. The molecule has 1 unspecified atom stereocenters. The number of ketones is 3. The second kappa shape index (κ2) is 54.3. The lowest BCUT2D eigenvalue weighted by Crippen LogP contribution is -2.54. The van der Waals surface area contributed by atoms with Gasteiger partial charge in [-0.15, -0.1) is 0 Å². The summed E-state index contributed by atoms with van der Waals surface area (Å²) in [4.78, 5) is 189. The number of nitrogens with two attached hydrogens (primary N) is 1. The number of methoxy groups -OCH3 is 2. The molecule has 5 aromatic carbocycles. The van der Waals surface area contributed by atoms with Gasteiger partial charge in [0.15, 0.2) is 48.6 Å². The summed E-state index contributed by atoms with van der Waals surface area (Å²) in [5.41, 5.74) is 6.87. The Kier molecular flexibility index (Phi) is 44.0. The van der Waals surface area contributed by atoms with Crippen molar-refractivity contribution in [2.24, 2.45) is 53.1 Å². The van der Waals surface area contributed by atoms with Crippen LogP contribution in [0.15, 0.2) is 135 Å². The molecule has 0 aliphatic carbocycles. The molecule has 6 N–H and O–H groups in total. The molecule has 0 radical (unpaired) electrons. The zero-order valence-corrected chi connectivity index (χ0v) is 86.4. The van der Waals surface area contributed by atoms with Gasteiger partial charge in [0.05, 0.1) is 120 Å². The highest BCUT2D eigenvalue weighted by Crippen LogP contribution is 2.46. The van der Waals surface area contributed by atoms with E-state index in [1.807, 2.05) is 65.0 Å². The molecule has 0 saturated carbocycles. The van der Waals surface area contributed by atoms with Crippen molar-refractivity contribution in [2.45, 2.75) is 186 Å². The Bertz CT molecular complexity index is 5320. The molecule has 4 aliphatic rings. The van der Waals surface area contributed by atoms with E-state index in [0.717, 1.165) is 41.2 Å². The Hall–Kier alpha value is -10.6. The predicted molar refractivity (Wildman–Crippen MR) is 530 cm³/mol. The zero-order valence-electron chi connectivity index (χ0n) is 83.1. The number of hydrogen-bond acceptors (Lipinski definition) is 27. The quantitative estimate of drug-likeness (QED) is 0.0178. The second-order valence-electron chi connectivity index (χ2n) is 37.4. The molecule has 4 heterocycles. The Morgan fingerprint density at radius 3 is 1.64 bits per heavy atom. The summed E-state index contributed by atoms with van der Waals surface area (Å²) in [7, 11) is -0.381. The van der Waals surface area contributed by atoms with Gasteiger partial charge in [-0.25, -0.2) is 40.1 Å². The second-order valence-corrected chi connectivity index (χ2v) is 44.1.